The van der Waals surface area contributed by atoms with Crippen molar-refractivity contribution in [1.82, 2.24) is 16.0 Å². The number of ether oxygens (including phenoxy) is 1. The molecule has 0 aliphatic carbocycles. The molecule has 0 heterocycles. The van der Waals surface area contributed by atoms with Crippen LogP contribution in [0.15, 0.2) is 84.9 Å². The zero-order valence-corrected chi connectivity index (χ0v) is 23.3. The predicted molar refractivity (Wildman–Crippen MR) is 155 cm³/mol. The van der Waals surface area contributed by atoms with Gasteiger partial charge in [0.25, 0.3) is 0 Å². The SMILES string of the molecule is CCOC(=O)CNC(=O)NCc1ccc(CNC(=O)[C@](C)(N)C(=O)C(c2ccccc2)c2ccccc2)cc1.Cl. The maximum absolute atomic E-state index is 13.7. The topological polar surface area (TPSA) is 140 Å². The second kappa shape index (κ2) is 15.4. The van der Waals surface area contributed by atoms with Crippen LogP contribution < -0.4 is 21.7 Å². The Morgan fingerprint density at radius 2 is 1.25 bits per heavy atom. The van der Waals surface area contributed by atoms with Crippen molar-refractivity contribution in [3.05, 3.63) is 107 Å². The van der Waals surface area contributed by atoms with Crippen molar-refractivity contribution in [2.45, 2.75) is 38.4 Å². The zero-order chi connectivity index (χ0) is 28.3. The average molecular weight is 567 g/mol. The van der Waals surface area contributed by atoms with E-state index in [0.29, 0.717) is 0 Å². The van der Waals surface area contributed by atoms with Crippen LogP contribution in [0, 0.1) is 0 Å². The van der Waals surface area contributed by atoms with Gasteiger partial charge in [-0.25, -0.2) is 4.79 Å². The average Bonchev–Trinajstić information content (AvgIpc) is 2.95. The molecule has 212 valence electrons. The number of amides is 3. The molecule has 40 heavy (non-hydrogen) atoms. The smallest absolute Gasteiger partial charge is 0.325 e. The van der Waals surface area contributed by atoms with Gasteiger partial charge in [-0.2, -0.15) is 0 Å². The van der Waals surface area contributed by atoms with E-state index in [2.05, 4.69) is 16.0 Å². The first-order valence-electron chi connectivity index (χ1n) is 12.7. The number of nitrogens with one attached hydrogen (secondary N) is 3. The summed E-state index contributed by atoms with van der Waals surface area (Å²) in [5.41, 5.74) is 7.73. The lowest BCUT2D eigenvalue weighted by Crippen LogP contribution is -2.58. The maximum Gasteiger partial charge on any atom is 0.325 e. The van der Waals surface area contributed by atoms with Crippen LogP contribution in [-0.2, 0) is 32.2 Å². The third-order valence-electron chi connectivity index (χ3n) is 6.14. The lowest BCUT2D eigenvalue weighted by atomic mass is 9.79. The molecule has 0 aliphatic heterocycles. The number of Topliss-reactive ketones (excluding diaryl/α,β-unsaturated/α-hetero) is 1. The van der Waals surface area contributed by atoms with E-state index in [4.69, 9.17) is 10.5 Å². The molecule has 0 aliphatic rings. The Labute approximate surface area is 240 Å². The number of ketones is 1. The molecule has 3 amide bonds. The van der Waals surface area contributed by atoms with Gasteiger partial charge < -0.3 is 26.4 Å². The second-order valence-corrected chi connectivity index (χ2v) is 9.16. The van der Waals surface area contributed by atoms with E-state index in [9.17, 15) is 19.2 Å². The van der Waals surface area contributed by atoms with Gasteiger partial charge in [0.05, 0.1) is 12.5 Å². The van der Waals surface area contributed by atoms with Crippen LogP contribution in [0.1, 0.15) is 42.0 Å². The van der Waals surface area contributed by atoms with Gasteiger partial charge >= 0.3 is 12.0 Å². The van der Waals surface area contributed by atoms with E-state index in [1.165, 1.54) is 6.92 Å². The second-order valence-electron chi connectivity index (χ2n) is 9.16. The molecule has 9 nitrogen and oxygen atoms in total. The monoisotopic (exact) mass is 566 g/mol. The highest BCUT2D eigenvalue weighted by Gasteiger charge is 2.41. The largest absolute Gasteiger partial charge is 0.465 e. The Balaban J connectivity index is 0.00000560. The molecule has 0 aromatic heterocycles. The number of rotatable bonds is 12. The predicted octanol–water partition coefficient (Wildman–Crippen LogP) is 3.21. The number of hydrogen-bond donors (Lipinski definition) is 4. The number of hydrogen-bond acceptors (Lipinski definition) is 6. The van der Waals surface area contributed by atoms with E-state index in [0.717, 1.165) is 22.3 Å². The summed E-state index contributed by atoms with van der Waals surface area (Å²) in [6, 6.07) is 25.3. The number of nitrogens with two attached hydrogens (primary N) is 1. The summed E-state index contributed by atoms with van der Waals surface area (Å²) in [7, 11) is 0. The first kappa shape index (κ1) is 32.0. The van der Waals surface area contributed by atoms with Gasteiger partial charge in [0.1, 0.15) is 6.54 Å². The molecular formula is C30H35ClN4O5. The number of esters is 1. The van der Waals surface area contributed by atoms with E-state index in [1.807, 2.05) is 60.7 Å². The van der Waals surface area contributed by atoms with Crippen molar-refractivity contribution in [2.75, 3.05) is 13.2 Å². The summed E-state index contributed by atoms with van der Waals surface area (Å²) in [6.07, 6.45) is 0. The number of benzene rings is 3. The van der Waals surface area contributed by atoms with E-state index in [1.54, 1.807) is 31.2 Å². The van der Waals surface area contributed by atoms with Gasteiger partial charge in [0.15, 0.2) is 11.3 Å². The Kier molecular flexibility index (Phi) is 12.3. The van der Waals surface area contributed by atoms with E-state index < -0.39 is 35.1 Å². The Bertz CT molecular complexity index is 1230. The summed E-state index contributed by atoms with van der Waals surface area (Å²) in [4.78, 5) is 49.9. The highest BCUT2D eigenvalue weighted by atomic mass is 35.5. The maximum atomic E-state index is 13.7. The van der Waals surface area contributed by atoms with Crippen LogP contribution in [0.5, 0.6) is 0 Å². The van der Waals surface area contributed by atoms with Crippen LogP contribution in [0.3, 0.4) is 0 Å². The number of urea groups is 1. The Morgan fingerprint density at radius 1 is 0.775 bits per heavy atom. The third-order valence-corrected chi connectivity index (χ3v) is 6.14. The minimum atomic E-state index is -1.77. The third kappa shape index (κ3) is 8.93. The standard InChI is InChI=1S/C30H34N4O5.ClH/c1-3-39-25(35)20-34-29(38)33-19-22-16-14-21(15-17-22)18-32-28(37)30(2,31)27(36)26(23-10-6-4-7-11-23)24-12-8-5-9-13-24;/h4-17,26H,3,18-20,31H2,1-2H3,(H,32,37)(H2,33,34,38);1H/t30-;/m1./s1. The van der Waals surface area contributed by atoms with Crippen LogP contribution >= 0.6 is 12.4 Å². The minimum absolute atomic E-state index is 0. The van der Waals surface area contributed by atoms with Gasteiger partial charge in [-0.05, 0) is 36.1 Å². The number of carbonyl (C=O) groups excluding carboxylic acids is 4. The van der Waals surface area contributed by atoms with Crippen molar-refractivity contribution >= 4 is 36.1 Å². The van der Waals surface area contributed by atoms with Crippen LogP contribution in [-0.4, -0.2) is 42.4 Å². The molecule has 3 aromatic rings. The summed E-state index contributed by atoms with van der Waals surface area (Å²) in [5, 5.41) is 7.85. The zero-order valence-electron chi connectivity index (χ0n) is 22.5. The molecule has 10 heteroatoms. The van der Waals surface area contributed by atoms with Gasteiger partial charge in [-0.1, -0.05) is 84.9 Å². The molecule has 0 bridgehead atoms. The quantitative estimate of drug-likeness (QED) is 0.196. The Morgan fingerprint density at radius 3 is 1.73 bits per heavy atom. The van der Waals surface area contributed by atoms with Gasteiger partial charge in [-0.3, -0.25) is 14.4 Å². The van der Waals surface area contributed by atoms with E-state index in [-0.39, 0.29) is 38.6 Å². The van der Waals surface area contributed by atoms with E-state index >= 15 is 0 Å². The molecule has 0 fully saturated rings. The molecule has 3 aromatic carbocycles. The van der Waals surface area contributed by atoms with Crippen molar-refractivity contribution in [3.8, 4) is 0 Å². The van der Waals surface area contributed by atoms with Gasteiger partial charge in [-0.15, -0.1) is 12.4 Å². The molecule has 3 rings (SSSR count). The minimum Gasteiger partial charge on any atom is -0.465 e. The summed E-state index contributed by atoms with van der Waals surface area (Å²) in [5.74, 6) is -2.17. The normalized spacial score (nSPS) is 11.9. The van der Waals surface area contributed by atoms with Crippen LogP contribution in [0.4, 0.5) is 4.79 Å². The van der Waals surface area contributed by atoms with Crippen LogP contribution in [0.2, 0.25) is 0 Å². The Hall–Kier alpha value is -4.21. The molecular weight excluding hydrogens is 532 g/mol. The first-order valence-corrected chi connectivity index (χ1v) is 12.7. The fraction of sp³-hybridized carbons (Fsp3) is 0.267. The molecule has 0 saturated heterocycles. The summed E-state index contributed by atoms with van der Waals surface area (Å²) < 4.78 is 4.76. The van der Waals surface area contributed by atoms with Gasteiger partial charge in [0, 0.05) is 13.1 Å². The number of halogens is 1. The molecule has 0 saturated carbocycles. The molecule has 5 N–H and O–H groups in total. The summed E-state index contributed by atoms with van der Waals surface area (Å²) >= 11 is 0. The number of carbonyl (C=O) groups is 4. The first-order chi connectivity index (χ1) is 18.7. The van der Waals surface area contributed by atoms with Gasteiger partial charge in [0.2, 0.25) is 5.91 Å². The fourth-order valence-electron chi connectivity index (χ4n) is 3.95. The van der Waals surface area contributed by atoms with Crippen LogP contribution in [0.25, 0.3) is 0 Å². The molecule has 1 atom stereocenters. The van der Waals surface area contributed by atoms with Crippen molar-refractivity contribution < 1.29 is 23.9 Å². The van der Waals surface area contributed by atoms with Crippen molar-refractivity contribution in [1.29, 1.82) is 0 Å². The van der Waals surface area contributed by atoms with Crippen molar-refractivity contribution in [2.24, 2.45) is 5.73 Å². The highest BCUT2D eigenvalue weighted by molar-refractivity contribution is 6.13. The fourth-order valence-corrected chi connectivity index (χ4v) is 3.95. The molecule has 0 unspecified atom stereocenters. The lowest BCUT2D eigenvalue weighted by Gasteiger charge is -2.28. The highest BCUT2D eigenvalue weighted by Crippen LogP contribution is 2.29. The lowest BCUT2D eigenvalue weighted by molar-refractivity contribution is -0.142. The van der Waals surface area contributed by atoms with Crippen molar-refractivity contribution in [3.63, 3.8) is 0 Å². The molecule has 0 radical (unpaired) electrons. The molecule has 0 spiro atoms. The summed E-state index contributed by atoms with van der Waals surface area (Å²) in [6.45, 7) is 3.58.